The molecule has 3 rings (SSSR count). The van der Waals surface area contributed by atoms with Crippen molar-refractivity contribution in [3.05, 3.63) is 83.4 Å². The number of sulfonamides is 1. The van der Waals surface area contributed by atoms with E-state index in [0.29, 0.717) is 23.0 Å². The lowest BCUT2D eigenvalue weighted by Gasteiger charge is -2.25. The number of hydrogen-bond donors (Lipinski definition) is 1. The summed E-state index contributed by atoms with van der Waals surface area (Å²) >= 11 is 5.99. The topological polar surface area (TPSA) is 84.9 Å². The van der Waals surface area contributed by atoms with Gasteiger partial charge in [0.15, 0.2) is 11.5 Å². The summed E-state index contributed by atoms with van der Waals surface area (Å²) in [6, 6.07) is 20.3. The molecule has 1 unspecified atom stereocenters. The zero-order chi connectivity index (χ0) is 24.7. The van der Waals surface area contributed by atoms with Crippen LogP contribution in [0.1, 0.15) is 18.4 Å². The predicted molar refractivity (Wildman–Crippen MR) is 133 cm³/mol. The van der Waals surface area contributed by atoms with Crippen LogP contribution in [0, 0.1) is 0 Å². The van der Waals surface area contributed by atoms with Gasteiger partial charge in [0.1, 0.15) is 6.54 Å². The summed E-state index contributed by atoms with van der Waals surface area (Å²) in [5, 5.41) is 3.29. The molecule has 34 heavy (non-hydrogen) atoms. The number of hydrogen-bond acceptors (Lipinski definition) is 5. The summed E-state index contributed by atoms with van der Waals surface area (Å²) in [7, 11) is -1.23. The van der Waals surface area contributed by atoms with Gasteiger partial charge in [0.05, 0.1) is 24.8 Å². The number of ether oxygens (including phenoxy) is 2. The van der Waals surface area contributed by atoms with Crippen molar-refractivity contribution in [2.24, 2.45) is 0 Å². The van der Waals surface area contributed by atoms with Gasteiger partial charge in [-0.3, -0.25) is 9.10 Å². The molecule has 0 spiro atoms. The molecule has 0 heterocycles. The predicted octanol–water partition coefficient (Wildman–Crippen LogP) is 4.47. The normalized spacial score (nSPS) is 12.0. The summed E-state index contributed by atoms with van der Waals surface area (Å²) in [4.78, 5) is 12.8. The number of amides is 1. The summed E-state index contributed by atoms with van der Waals surface area (Å²) in [5.74, 6) is 0.297. The van der Waals surface area contributed by atoms with Gasteiger partial charge in [-0.2, -0.15) is 0 Å². The molecule has 0 aromatic heterocycles. The van der Waals surface area contributed by atoms with Crippen LogP contribution in [0.3, 0.4) is 0 Å². The third kappa shape index (κ3) is 6.01. The van der Waals surface area contributed by atoms with Gasteiger partial charge >= 0.3 is 0 Å². The van der Waals surface area contributed by atoms with Crippen molar-refractivity contribution in [3.63, 3.8) is 0 Å². The molecular formula is C25H27ClN2O5S. The first-order valence-electron chi connectivity index (χ1n) is 10.6. The molecule has 180 valence electrons. The van der Waals surface area contributed by atoms with Crippen molar-refractivity contribution in [3.8, 4) is 11.5 Å². The van der Waals surface area contributed by atoms with Gasteiger partial charge in [0.2, 0.25) is 5.91 Å². The number of benzene rings is 3. The van der Waals surface area contributed by atoms with Gasteiger partial charge in [-0.15, -0.1) is 0 Å². The van der Waals surface area contributed by atoms with Crippen LogP contribution in [0.15, 0.2) is 77.7 Å². The monoisotopic (exact) mass is 502 g/mol. The number of carbonyl (C=O) groups excluding carboxylic acids is 1. The highest BCUT2D eigenvalue weighted by molar-refractivity contribution is 7.92. The van der Waals surface area contributed by atoms with Gasteiger partial charge < -0.3 is 14.8 Å². The molecule has 1 N–H and O–H groups in total. The molecule has 7 nitrogen and oxygen atoms in total. The van der Waals surface area contributed by atoms with Gasteiger partial charge in [-0.05, 0) is 47.9 Å². The van der Waals surface area contributed by atoms with Crippen LogP contribution >= 0.6 is 11.6 Å². The fourth-order valence-electron chi connectivity index (χ4n) is 3.38. The third-order valence-corrected chi connectivity index (χ3v) is 7.34. The maximum absolute atomic E-state index is 13.6. The molecule has 1 atom stereocenters. The van der Waals surface area contributed by atoms with Crippen LogP contribution in [0.25, 0.3) is 0 Å². The fraction of sp³-hybridized carbons (Fsp3) is 0.240. The molecular weight excluding hydrogens is 476 g/mol. The molecule has 1 amide bonds. The van der Waals surface area contributed by atoms with E-state index >= 15 is 0 Å². The van der Waals surface area contributed by atoms with Gasteiger partial charge in [-0.1, -0.05) is 48.9 Å². The largest absolute Gasteiger partial charge is 0.493 e. The van der Waals surface area contributed by atoms with Crippen molar-refractivity contribution >= 4 is 33.2 Å². The molecule has 0 aliphatic carbocycles. The first kappa shape index (κ1) is 25.4. The Morgan fingerprint density at radius 1 is 0.971 bits per heavy atom. The van der Waals surface area contributed by atoms with Crippen LogP contribution in [-0.4, -0.2) is 41.6 Å². The molecule has 0 saturated carbocycles. The molecule has 0 bridgehead atoms. The van der Waals surface area contributed by atoms with E-state index in [2.05, 4.69) is 5.32 Å². The maximum Gasteiger partial charge on any atom is 0.264 e. The molecule has 9 heteroatoms. The van der Waals surface area contributed by atoms with Gasteiger partial charge in [0.25, 0.3) is 10.0 Å². The minimum absolute atomic E-state index is 0.0365. The zero-order valence-corrected chi connectivity index (χ0v) is 20.8. The van der Waals surface area contributed by atoms with Gasteiger partial charge in [0, 0.05) is 17.6 Å². The first-order chi connectivity index (χ1) is 16.3. The third-order valence-electron chi connectivity index (χ3n) is 5.32. The highest BCUT2D eigenvalue weighted by atomic mass is 35.5. The number of halogens is 1. The standard InChI is InChI=1S/C25H27ClN2O5S/c1-18(19-7-5-4-6-8-19)16-27-25(29)17-28(21-11-9-20(26)10-12-21)34(30,31)22-13-14-23(32-2)24(15-22)33-3/h4-15,18H,16-17H2,1-3H3,(H,27,29). The van der Waals surface area contributed by atoms with Crippen LogP contribution < -0.4 is 19.1 Å². The molecule has 0 saturated heterocycles. The Bertz CT molecular complexity index is 1220. The number of anilines is 1. The second-order valence-corrected chi connectivity index (χ2v) is 9.92. The van der Waals surface area contributed by atoms with Crippen LogP contribution in [-0.2, 0) is 14.8 Å². The SMILES string of the molecule is COc1ccc(S(=O)(=O)N(CC(=O)NCC(C)c2ccccc2)c2ccc(Cl)cc2)cc1OC. The highest BCUT2D eigenvalue weighted by Gasteiger charge is 2.28. The number of methoxy groups -OCH3 is 2. The van der Waals surface area contributed by atoms with Crippen LogP contribution in [0.5, 0.6) is 11.5 Å². The lowest BCUT2D eigenvalue weighted by atomic mass is 10.0. The Kier molecular flexibility index (Phi) is 8.41. The molecule has 0 radical (unpaired) electrons. The minimum atomic E-state index is -4.12. The lowest BCUT2D eigenvalue weighted by Crippen LogP contribution is -2.41. The average molecular weight is 503 g/mol. The van der Waals surface area contributed by atoms with Crippen LogP contribution in [0.4, 0.5) is 5.69 Å². The van der Waals surface area contributed by atoms with Crippen molar-refractivity contribution in [1.29, 1.82) is 0 Å². The maximum atomic E-state index is 13.6. The second kappa shape index (κ2) is 11.3. The summed E-state index contributed by atoms with van der Waals surface area (Å²) < 4.78 is 38.7. The lowest BCUT2D eigenvalue weighted by molar-refractivity contribution is -0.119. The van der Waals surface area contributed by atoms with E-state index in [1.54, 1.807) is 24.3 Å². The van der Waals surface area contributed by atoms with E-state index < -0.39 is 22.5 Å². The van der Waals surface area contributed by atoms with Gasteiger partial charge in [-0.25, -0.2) is 8.42 Å². The molecule has 0 aliphatic rings. The first-order valence-corrected chi connectivity index (χ1v) is 12.4. The van der Waals surface area contributed by atoms with E-state index in [-0.39, 0.29) is 16.6 Å². The van der Waals surface area contributed by atoms with Crippen molar-refractivity contribution in [1.82, 2.24) is 5.32 Å². The Balaban J connectivity index is 1.87. The summed E-state index contributed by atoms with van der Waals surface area (Å²) in [5.41, 5.74) is 1.39. The number of carbonyl (C=O) groups is 1. The van der Waals surface area contributed by atoms with E-state index in [0.717, 1.165) is 9.87 Å². The van der Waals surface area contributed by atoms with Crippen molar-refractivity contribution < 1.29 is 22.7 Å². The van der Waals surface area contributed by atoms with Crippen molar-refractivity contribution in [2.75, 3.05) is 31.6 Å². The van der Waals surface area contributed by atoms with E-state index in [1.807, 2.05) is 37.3 Å². The fourth-order valence-corrected chi connectivity index (χ4v) is 4.94. The molecule has 0 aliphatic heterocycles. The summed E-state index contributed by atoms with van der Waals surface area (Å²) in [6.45, 7) is 1.96. The van der Waals surface area contributed by atoms with E-state index in [1.165, 1.54) is 32.4 Å². The van der Waals surface area contributed by atoms with Crippen LogP contribution in [0.2, 0.25) is 5.02 Å². The van der Waals surface area contributed by atoms with E-state index in [9.17, 15) is 13.2 Å². The Morgan fingerprint density at radius 3 is 2.24 bits per heavy atom. The van der Waals surface area contributed by atoms with Crippen molar-refractivity contribution in [2.45, 2.75) is 17.7 Å². The molecule has 0 fully saturated rings. The molecule has 3 aromatic carbocycles. The Morgan fingerprint density at radius 2 is 1.62 bits per heavy atom. The Labute approximate surface area is 205 Å². The zero-order valence-electron chi connectivity index (χ0n) is 19.2. The quantitative estimate of drug-likeness (QED) is 0.442. The minimum Gasteiger partial charge on any atom is -0.493 e. The number of nitrogens with one attached hydrogen (secondary N) is 1. The number of rotatable bonds is 10. The smallest absolute Gasteiger partial charge is 0.264 e. The second-order valence-electron chi connectivity index (χ2n) is 7.62. The summed E-state index contributed by atoms with van der Waals surface area (Å²) in [6.07, 6.45) is 0. The number of nitrogens with zero attached hydrogens (tertiary/aromatic N) is 1. The average Bonchev–Trinajstić information content (AvgIpc) is 2.86. The highest BCUT2D eigenvalue weighted by Crippen LogP contribution is 2.32. The molecule has 3 aromatic rings. The van der Waals surface area contributed by atoms with E-state index in [4.69, 9.17) is 21.1 Å². The Hall–Kier alpha value is -3.23.